The van der Waals surface area contributed by atoms with E-state index >= 15 is 0 Å². The van der Waals surface area contributed by atoms with Gasteiger partial charge >= 0.3 is 5.97 Å². The van der Waals surface area contributed by atoms with Crippen molar-refractivity contribution in [3.63, 3.8) is 0 Å². The summed E-state index contributed by atoms with van der Waals surface area (Å²) in [6.45, 7) is 9.35. The molecule has 0 fully saturated rings. The first kappa shape index (κ1) is 28.0. The second kappa shape index (κ2) is 11.8. The maximum Gasteiger partial charge on any atom is 0.338 e. The molecule has 2 aromatic heterocycles. The van der Waals surface area contributed by atoms with Crippen LogP contribution in [0.1, 0.15) is 45.1 Å². The molecule has 39 heavy (non-hydrogen) atoms. The number of ether oxygens (including phenoxy) is 4. The Morgan fingerprint density at radius 3 is 2.33 bits per heavy atom. The SMILES string of the molecule is CCOC(=O)C1=C(C)N=c2s/c(=C\c3ccc(N(CC)CC)o3)c(=O)n2C1c1cc(OC)c(OC)c(OC)c1. The van der Waals surface area contributed by atoms with Crippen LogP contribution in [0.5, 0.6) is 17.2 Å². The third-order valence-electron chi connectivity index (χ3n) is 6.48. The lowest BCUT2D eigenvalue weighted by Gasteiger charge is -2.26. The number of esters is 1. The van der Waals surface area contributed by atoms with Crippen molar-refractivity contribution in [1.82, 2.24) is 4.57 Å². The highest BCUT2D eigenvalue weighted by molar-refractivity contribution is 7.07. The van der Waals surface area contributed by atoms with Gasteiger partial charge in [0.1, 0.15) is 5.76 Å². The third-order valence-corrected chi connectivity index (χ3v) is 7.46. The monoisotopic (exact) mass is 555 g/mol. The van der Waals surface area contributed by atoms with E-state index in [1.54, 1.807) is 32.1 Å². The normalized spacial score (nSPS) is 15.1. The van der Waals surface area contributed by atoms with Gasteiger partial charge < -0.3 is 28.3 Å². The quantitative estimate of drug-likeness (QED) is 0.351. The lowest BCUT2D eigenvalue weighted by Crippen LogP contribution is -2.40. The highest BCUT2D eigenvalue weighted by atomic mass is 32.1. The van der Waals surface area contributed by atoms with Crippen LogP contribution >= 0.6 is 11.3 Å². The number of thiazole rings is 1. The van der Waals surface area contributed by atoms with Crippen LogP contribution in [0.3, 0.4) is 0 Å². The average molecular weight is 556 g/mol. The molecule has 0 saturated carbocycles. The molecule has 1 aliphatic heterocycles. The number of nitrogens with zero attached hydrogens (tertiary/aromatic N) is 3. The first-order valence-electron chi connectivity index (χ1n) is 12.7. The van der Waals surface area contributed by atoms with Gasteiger partial charge in [0.25, 0.3) is 5.56 Å². The number of anilines is 1. The molecule has 10 nitrogen and oxygen atoms in total. The molecule has 3 aromatic rings. The number of rotatable bonds is 10. The van der Waals surface area contributed by atoms with Crippen molar-refractivity contribution in [2.45, 2.75) is 33.7 Å². The lowest BCUT2D eigenvalue weighted by molar-refractivity contribution is -0.139. The highest BCUT2D eigenvalue weighted by Gasteiger charge is 2.34. The molecule has 4 rings (SSSR count). The van der Waals surface area contributed by atoms with Crippen LogP contribution in [-0.4, -0.2) is 51.6 Å². The topological polar surface area (TPSA) is 105 Å². The van der Waals surface area contributed by atoms with Crippen molar-refractivity contribution in [3.05, 3.63) is 66.5 Å². The summed E-state index contributed by atoms with van der Waals surface area (Å²) in [4.78, 5) is 34.2. The van der Waals surface area contributed by atoms with Crippen molar-refractivity contribution in [1.29, 1.82) is 0 Å². The molecule has 0 amide bonds. The molecule has 3 heterocycles. The van der Waals surface area contributed by atoms with Gasteiger partial charge in [0.05, 0.1) is 49.8 Å². The van der Waals surface area contributed by atoms with E-state index in [1.807, 2.05) is 12.1 Å². The summed E-state index contributed by atoms with van der Waals surface area (Å²) in [6.07, 6.45) is 1.70. The Hall–Kier alpha value is -3.99. The number of furan rings is 1. The molecule has 208 valence electrons. The third kappa shape index (κ3) is 5.18. The van der Waals surface area contributed by atoms with E-state index in [0.29, 0.717) is 43.6 Å². The molecule has 11 heteroatoms. The number of carbonyl (C=O) groups excluding carboxylic acids is 1. The Bertz CT molecular complexity index is 1550. The second-order valence-corrected chi connectivity index (χ2v) is 9.62. The predicted octanol–water partition coefficient (Wildman–Crippen LogP) is 3.26. The fraction of sp³-hybridized carbons (Fsp3) is 0.393. The molecular weight excluding hydrogens is 522 g/mol. The number of methoxy groups -OCH3 is 3. The summed E-state index contributed by atoms with van der Waals surface area (Å²) in [5.41, 5.74) is 0.984. The van der Waals surface area contributed by atoms with E-state index in [4.69, 9.17) is 23.4 Å². The molecule has 1 aromatic carbocycles. The van der Waals surface area contributed by atoms with Crippen molar-refractivity contribution in [3.8, 4) is 17.2 Å². The number of fused-ring (bicyclic) bond motifs is 1. The lowest BCUT2D eigenvalue weighted by atomic mass is 9.95. The Morgan fingerprint density at radius 2 is 1.77 bits per heavy atom. The Balaban J connectivity index is 1.95. The predicted molar refractivity (Wildman–Crippen MR) is 149 cm³/mol. The number of allylic oxidation sites excluding steroid dienone is 1. The molecule has 0 bridgehead atoms. The minimum Gasteiger partial charge on any atom is -0.493 e. The van der Waals surface area contributed by atoms with Gasteiger partial charge in [-0.1, -0.05) is 11.3 Å². The summed E-state index contributed by atoms with van der Waals surface area (Å²) in [5, 5.41) is 0. The van der Waals surface area contributed by atoms with Crippen LogP contribution in [0, 0.1) is 0 Å². The molecule has 0 radical (unpaired) electrons. The molecule has 1 aliphatic rings. The minimum atomic E-state index is -0.834. The van der Waals surface area contributed by atoms with Crippen molar-refractivity contribution >= 4 is 29.3 Å². The second-order valence-electron chi connectivity index (χ2n) is 8.61. The summed E-state index contributed by atoms with van der Waals surface area (Å²) in [5.74, 6) is 1.92. The van der Waals surface area contributed by atoms with Gasteiger partial charge in [0, 0.05) is 25.2 Å². The average Bonchev–Trinajstić information content (AvgIpc) is 3.51. The Morgan fingerprint density at radius 1 is 1.10 bits per heavy atom. The number of hydrogen-bond acceptors (Lipinski definition) is 10. The first-order chi connectivity index (χ1) is 18.8. The molecule has 1 unspecified atom stereocenters. The van der Waals surface area contributed by atoms with Crippen LogP contribution < -0.4 is 34.0 Å². The van der Waals surface area contributed by atoms with Crippen LogP contribution in [0.4, 0.5) is 5.88 Å². The number of benzene rings is 1. The molecule has 0 aliphatic carbocycles. The zero-order valence-corrected chi connectivity index (χ0v) is 24.0. The van der Waals surface area contributed by atoms with Gasteiger partial charge in [-0.15, -0.1) is 0 Å². The highest BCUT2D eigenvalue weighted by Crippen LogP contribution is 2.42. The van der Waals surface area contributed by atoms with Crippen LogP contribution in [0.2, 0.25) is 0 Å². The van der Waals surface area contributed by atoms with Gasteiger partial charge in [0.2, 0.25) is 5.75 Å². The molecular formula is C28H33N3O7S. The largest absolute Gasteiger partial charge is 0.493 e. The van der Waals surface area contributed by atoms with Crippen molar-refractivity contribution in [2.75, 3.05) is 45.9 Å². The van der Waals surface area contributed by atoms with E-state index in [0.717, 1.165) is 19.0 Å². The van der Waals surface area contributed by atoms with E-state index in [1.165, 1.54) is 37.2 Å². The maximum absolute atomic E-state index is 13.9. The van der Waals surface area contributed by atoms with Crippen molar-refractivity contribution in [2.24, 2.45) is 4.99 Å². The molecule has 0 N–H and O–H groups in total. The fourth-order valence-electron chi connectivity index (χ4n) is 4.62. The van der Waals surface area contributed by atoms with E-state index in [9.17, 15) is 9.59 Å². The van der Waals surface area contributed by atoms with Crippen LogP contribution in [-0.2, 0) is 9.53 Å². The zero-order valence-electron chi connectivity index (χ0n) is 23.2. The van der Waals surface area contributed by atoms with Gasteiger partial charge in [0.15, 0.2) is 22.2 Å². The molecule has 0 saturated heterocycles. The van der Waals surface area contributed by atoms with Gasteiger partial charge in [-0.2, -0.15) is 0 Å². The minimum absolute atomic E-state index is 0.176. The van der Waals surface area contributed by atoms with Crippen LogP contribution in [0.15, 0.2) is 49.7 Å². The van der Waals surface area contributed by atoms with E-state index in [-0.39, 0.29) is 17.7 Å². The number of aromatic nitrogens is 1. The summed E-state index contributed by atoms with van der Waals surface area (Å²) >= 11 is 1.22. The number of hydrogen-bond donors (Lipinski definition) is 0. The zero-order chi connectivity index (χ0) is 28.3. The summed E-state index contributed by atoms with van der Waals surface area (Å²) < 4.78 is 29.9. The van der Waals surface area contributed by atoms with Gasteiger partial charge in [-0.3, -0.25) is 9.36 Å². The Labute approximate surface area is 230 Å². The van der Waals surface area contributed by atoms with Gasteiger partial charge in [-0.25, -0.2) is 9.79 Å². The van der Waals surface area contributed by atoms with Crippen LogP contribution in [0.25, 0.3) is 6.08 Å². The fourth-order valence-corrected chi connectivity index (χ4v) is 5.65. The van der Waals surface area contributed by atoms with E-state index < -0.39 is 12.0 Å². The molecule has 1 atom stereocenters. The number of carbonyl (C=O) groups is 1. The summed E-state index contributed by atoms with van der Waals surface area (Å²) in [7, 11) is 4.53. The Kier molecular flexibility index (Phi) is 8.49. The standard InChI is InChI=1S/C28H33N3O7S/c1-8-30(9-2)22-12-11-18(38-22)15-21-26(32)31-24(17-13-19(34-5)25(36-7)20(14-17)35-6)23(27(33)37-10-3)16(4)29-28(31)39-21/h11-15,24H,8-10H2,1-7H3/b21-15-. The van der Waals surface area contributed by atoms with E-state index in [2.05, 4.69) is 23.7 Å². The van der Waals surface area contributed by atoms with Gasteiger partial charge in [-0.05, 0) is 51.5 Å². The van der Waals surface area contributed by atoms with Crippen molar-refractivity contribution < 1.29 is 28.2 Å². The smallest absolute Gasteiger partial charge is 0.338 e. The summed E-state index contributed by atoms with van der Waals surface area (Å²) in [6, 6.07) is 6.34. The maximum atomic E-state index is 13.9. The first-order valence-corrected chi connectivity index (χ1v) is 13.5. The molecule has 0 spiro atoms.